The van der Waals surface area contributed by atoms with E-state index in [0.717, 1.165) is 0 Å². The first-order chi connectivity index (χ1) is 10.5. The van der Waals surface area contributed by atoms with Crippen molar-refractivity contribution < 1.29 is 19.5 Å². The van der Waals surface area contributed by atoms with Crippen LogP contribution < -0.4 is 10.6 Å². The summed E-state index contributed by atoms with van der Waals surface area (Å²) in [6.45, 7) is 0. The van der Waals surface area contributed by atoms with E-state index in [1.807, 2.05) is 6.07 Å². The molecular formula is C15H15N3O4. The Morgan fingerprint density at radius 2 is 2.18 bits per heavy atom. The average molecular weight is 301 g/mol. The molecule has 0 bridgehead atoms. The third kappa shape index (κ3) is 3.61. The first kappa shape index (κ1) is 15.5. The van der Waals surface area contributed by atoms with Crippen LogP contribution in [0.4, 0.5) is 0 Å². The molecule has 1 aromatic rings. The minimum absolute atomic E-state index is 0.00543. The highest BCUT2D eigenvalue weighted by Gasteiger charge is 2.30. The van der Waals surface area contributed by atoms with Crippen molar-refractivity contribution in [3.8, 4) is 6.07 Å². The number of nitriles is 1. The van der Waals surface area contributed by atoms with Crippen LogP contribution in [0.25, 0.3) is 0 Å². The largest absolute Gasteiger partial charge is 0.480 e. The fourth-order valence-electron chi connectivity index (χ4n) is 2.31. The van der Waals surface area contributed by atoms with Crippen LogP contribution in [-0.4, -0.2) is 35.0 Å². The van der Waals surface area contributed by atoms with Gasteiger partial charge in [0.15, 0.2) is 0 Å². The summed E-state index contributed by atoms with van der Waals surface area (Å²) >= 11 is 0. The third-order valence-electron chi connectivity index (χ3n) is 3.49. The SMILES string of the molecule is N#Cc1ccccc1C[C@@H](NC(=O)[C@@H]1CCC(=O)N1)C(=O)O. The monoisotopic (exact) mass is 301 g/mol. The zero-order valence-corrected chi connectivity index (χ0v) is 11.7. The number of amides is 2. The fourth-order valence-corrected chi connectivity index (χ4v) is 2.31. The number of carbonyl (C=O) groups excluding carboxylic acids is 2. The van der Waals surface area contributed by atoms with Crippen molar-refractivity contribution >= 4 is 17.8 Å². The van der Waals surface area contributed by atoms with Crippen LogP contribution in [0.5, 0.6) is 0 Å². The van der Waals surface area contributed by atoms with Gasteiger partial charge in [-0.15, -0.1) is 0 Å². The van der Waals surface area contributed by atoms with Crippen molar-refractivity contribution in [2.45, 2.75) is 31.3 Å². The molecule has 0 unspecified atom stereocenters. The molecule has 1 heterocycles. The van der Waals surface area contributed by atoms with Gasteiger partial charge in [0.25, 0.3) is 0 Å². The van der Waals surface area contributed by atoms with Crippen LogP contribution in [0.15, 0.2) is 24.3 Å². The molecule has 0 aromatic heterocycles. The van der Waals surface area contributed by atoms with E-state index in [1.165, 1.54) is 0 Å². The molecule has 1 aromatic carbocycles. The maximum Gasteiger partial charge on any atom is 0.326 e. The van der Waals surface area contributed by atoms with Gasteiger partial charge in [0.1, 0.15) is 12.1 Å². The van der Waals surface area contributed by atoms with E-state index in [0.29, 0.717) is 17.5 Å². The summed E-state index contributed by atoms with van der Waals surface area (Å²) in [5, 5.41) is 23.2. The second-order valence-corrected chi connectivity index (χ2v) is 5.03. The molecule has 1 saturated heterocycles. The van der Waals surface area contributed by atoms with E-state index >= 15 is 0 Å². The van der Waals surface area contributed by atoms with Crippen molar-refractivity contribution in [3.63, 3.8) is 0 Å². The Hall–Kier alpha value is -2.88. The number of rotatable bonds is 5. The molecule has 3 N–H and O–H groups in total. The lowest BCUT2D eigenvalue weighted by Gasteiger charge is -2.18. The molecule has 2 amide bonds. The van der Waals surface area contributed by atoms with E-state index in [9.17, 15) is 19.5 Å². The Bertz CT molecular complexity index is 650. The quantitative estimate of drug-likeness (QED) is 0.704. The van der Waals surface area contributed by atoms with Crippen molar-refractivity contribution in [1.29, 1.82) is 5.26 Å². The number of nitrogens with one attached hydrogen (secondary N) is 2. The van der Waals surface area contributed by atoms with Gasteiger partial charge < -0.3 is 15.7 Å². The molecule has 2 atom stereocenters. The smallest absolute Gasteiger partial charge is 0.326 e. The summed E-state index contributed by atoms with van der Waals surface area (Å²) in [5.41, 5.74) is 0.922. The summed E-state index contributed by atoms with van der Waals surface area (Å²) in [4.78, 5) is 34.4. The summed E-state index contributed by atoms with van der Waals surface area (Å²) in [7, 11) is 0. The van der Waals surface area contributed by atoms with Crippen molar-refractivity contribution in [1.82, 2.24) is 10.6 Å². The van der Waals surface area contributed by atoms with Crippen LogP contribution in [0, 0.1) is 11.3 Å². The van der Waals surface area contributed by atoms with E-state index in [-0.39, 0.29) is 18.7 Å². The molecule has 0 saturated carbocycles. The number of benzene rings is 1. The molecule has 0 radical (unpaired) electrons. The highest BCUT2D eigenvalue weighted by molar-refractivity contribution is 5.92. The molecule has 114 valence electrons. The first-order valence-electron chi connectivity index (χ1n) is 6.82. The van der Waals surface area contributed by atoms with Gasteiger partial charge in [0.2, 0.25) is 11.8 Å². The lowest BCUT2D eigenvalue weighted by atomic mass is 10.0. The van der Waals surface area contributed by atoms with E-state index in [1.54, 1.807) is 24.3 Å². The number of nitrogens with zero attached hydrogens (tertiary/aromatic N) is 1. The van der Waals surface area contributed by atoms with Crippen LogP contribution in [0.1, 0.15) is 24.0 Å². The number of carbonyl (C=O) groups is 3. The van der Waals surface area contributed by atoms with E-state index in [4.69, 9.17) is 5.26 Å². The van der Waals surface area contributed by atoms with E-state index in [2.05, 4.69) is 10.6 Å². The molecular weight excluding hydrogens is 286 g/mol. The lowest BCUT2D eigenvalue weighted by molar-refractivity contribution is -0.142. The zero-order chi connectivity index (χ0) is 16.1. The average Bonchev–Trinajstić information content (AvgIpc) is 2.93. The molecule has 22 heavy (non-hydrogen) atoms. The number of carboxylic acids is 1. The van der Waals surface area contributed by atoms with Crippen LogP contribution >= 0.6 is 0 Å². The Kier molecular flexibility index (Phi) is 4.73. The van der Waals surface area contributed by atoms with Gasteiger partial charge in [-0.3, -0.25) is 9.59 Å². The highest BCUT2D eigenvalue weighted by atomic mass is 16.4. The third-order valence-corrected chi connectivity index (χ3v) is 3.49. The highest BCUT2D eigenvalue weighted by Crippen LogP contribution is 2.12. The summed E-state index contributed by atoms with van der Waals surface area (Å²) < 4.78 is 0. The van der Waals surface area contributed by atoms with Gasteiger partial charge in [0.05, 0.1) is 11.6 Å². The van der Waals surface area contributed by atoms with E-state index < -0.39 is 24.0 Å². The number of aliphatic carboxylic acids is 1. The number of carboxylic acid groups (broad SMARTS) is 1. The second kappa shape index (κ2) is 6.72. The first-order valence-corrected chi connectivity index (χ1v) is 6.82. The fraction of sp³-hybridized carbons (Fsp3) is 0.333. The van der Waals surface area contributed by atoms with Gasteiger partial charge in [-0.05, 0) is 18.1 Å². The van der Waals surface area contributed by atoms with Gasteiger partial charge in [-0.25, -0.2) is 4.79 Å². The van der Waals surface area contributed by atoms with Gasteiger partial charge in [-0.2, -0.15) is 5.26 Å². The molecule has 0 spiro atoms. The van der Waals surface area contributed by atoms with Crippen molar-refractivity contribution in [2.75, 3.05) is 0 Å². The topological polar surface area (TPSA) is 119 Å². The van der Waals surface area contributed by atoms with Gasteiger partial charge in [0, 0.05) is 12.8 Å². The maximum atomic E-state index is 12.0. The minimum Gasteiger partial charge on any atom is -0.480 e. The molecule has 2 rings (SSSR count). The Balaban J connectivity index is 2.07. The lowest BCUT2D eigenvalue weighted by Crippen LogP contribution is -2.49. The molecule has 1 fully saturated rings. The predicted octanol–water partition coefficient (Wildman–Crippen LogP) is -0.0512. The molecule has 1 aliphatic heterocycles. The van der Waals surface area contributed by atoms with Crippen LogP contribution in [0.3, 0.4) is 0 Å². The zero-order valence-electron chi connectivity index (χ0n) is 11.7. The normalized spacial score (nSPS) is 18.1. The predicted molar refractivity (Wildman–Crippen MR) is 75.6 cm³/mol. The van der Waals surface area contributed by atoms with Gasteiger partial charge in [-0.1, -0.05) is 18.2 Å². The minimum atomic E-state index is -1.19. The number of hydrogen-bond acceptors (Lipinski definition) is 4. The van der Waals surface area contributed by atoms with Crippen molar-refractivity contribution in [2.24, 2.45) is 0 Å². The van der Waals surface area contributed by atoms with Crippen LogP contribution in [0.2, 0.25) is 0 Å². The van der Waals surface area contributed by atoms with Gasteiger partial charge >= 0.3 is 5.97 Å². The Morgan fingerprint density at radius 3 is 2.77 bits per heavy atom. The van der Waals surface area contributed by atoms with Crippen molar-refractivity contribution in [3.05, 3.63) is 35.4 Å². The Morgan fingerprint density at radius 1 is 1.45 bits per heavy atom. The summed E-state index contributed by atoms with van der Waals surface area (Å²) in [6.07, 6.45) is 0.615. The summed E-state index contributed by atoms with van der Waals surface area (Å²) in [6, 6.07) is 6.77. The molecule has 7 heteroatoms. The molecule has 7 nitrogen and oxygen atoms in total. The van der Waals surface area contributed by atoms with Crippen LogP contribution in [-0.2, 0) is 20.8 Å². The molecule has 0 aliphatic carbocycles. The summed E-state index contributed by atoms with van der Waals surface area (Å²) in [5.74, 6) is -1.93. The number of hydrogen-bond donors (Lipinski definition) is 3. The Labute approximate surface area is 126 Å². The maximum absolute atomic E-state index is 12.0. The second-order valence-electron chi connectivity index (χ2n) is 5.03. The molecule has 1 aliphatic rings. The standard InChI is InChI=1S/C15H15N3O4/c16-8-10-4-2-1-3-9(10)7-12(15(21)22)18-14(20)11-5-6-13(19)17-11/h1-4,11-12H,5-7H2,(H,17,19)(H,18,20)(H,21,22)/t11-,12+/m0/s1.